The molecule has 1 aliphatic carbocycles. The van der Waals surface area contributed by atoms with E-state index >= 15 is 0 Å². The van der Waals surface area contributed by atoms with E-state index in [1.165, 1.54) is 92.6 Å². The number of furan rings is 1. The number of benzene rings is 11. The SMILES string of the molecule is CC(C)(C)c1ccc(Sc2ccc(C3(c4ccc(C(C)(C)C)cc4)c4cc(N(c5ccccc5)c5ccc(C(C)(C)C)cc5)c5c(c4-c4c3cc(N(c3ccccc3)c3ccc(C(C)(C)C)cc3)c3c4oc4ccccc43)[Si](C)(C)c3ccccc3-5)cc2)cc1. The summed E-state index contributed by atoms with van der Waals surface area (Å²) in [7, 11) is -2.66. The number of hydrogen-bond acceptors (Lipinski definition) is 4. The van der Waals surface area contributed by atoms with Crippen LogP contribution < -0.4 is 20.2 Å². The average Bonchev–Trinajstić information content (AvgIpc) is 1.49. The predicted octanol–water partition coefficient (Wildman–Crippen LogP) is 23.0. The Morgan fingerprint density at radius 1 is 0.378 bits per heavy atom. The van der Waals surface area contributed by atoms with Gasteiger partial charge in [0.15, 0.2) is 0 Å². The normalized spacial score (nSPS) is 15.2. The Hall–Kier alpha value is -8.61. The Bertz CT molecular complexity index is 4690. The first-order valence-electron chi connectivity index (χ1n) is 32.1. The van der Waals surface area contributed by atoms with E-state index in [0.29, 0.717) is 0 Å². The molecule has 1 unspecified atom stereocenters. The van der Waals surface area contributed by atoms with Crippen molar-refractivity contribution in [2.45, 2.75) is 133 Å². The summed E-state index contributed by atoms with van der Waals surface area (Å²) in [4.78, 5) is 7.48. The number of nitrogens with zero attached hydrogens (tertiary/aromatic N) is 2. The Labute approximate surface area is 539 Å². The van der Waals surface area contributed by atoms with Crippen LogP contribution in [0.25, 0.3) is 44.2 Å². The molecule has 1 aromatic heterocycles. The third-order valence-corrected chi connectivity index (χ3v) is 24.0. The summed E-state index contributed by atoms with van der Waals surface area (Å²) < 4.78 is 7.76. The van der Waals surface area contributed by atoms with Crippen LogP contribution in [0.4, 0.5) is 34.1 Å². The maximum atomic E-state index is 7.76. The highest BCUT2D eigenvalue weighted by molar-refractivity contribution is 7.99. The zero-order chi connectivity index (χ0) is 62.9. The molecule has 0 fully saturated rings. The van der Waals surface area contributed by atoms with Crippen molar-refractivity contribution >= 4 is 86.3 Å². The van der Waals surface area contributed by atoms with Gasteiger partial charge in [-0.05, 0) is 179 Å². The molecule has 448 valence electrons. The smallest absolute Gasteiger partial charge is 0.145 e. The van der Waals surface area contributed by atoms with E-state index in [1.807, 2.05) is 11.8 Å². The van der Waals surface area contributed by atoms with E-state index in [0.717, 1.165) is 50.4 Å². The van der Waals surface area contributed by atoms with Crippen molar-refractivity contribution in [2.75, 3.05) is 9.80 Å². The molecule has 2 aliphatic rings. The van der Waals surface area contributed by atoms with Gasteiger partial charge in [0.25, 0.3) is 0 Å². The van der Waals surface area contributed by atoms with Crippen molar-refractivity contribution < 1.29 is 4.42 Å². The number of anilines is 6. The Morgan fingerprint density at radius 3 is 1.28 bits per heavy atom. The first-order valence-corrected chi connectivity index (χ1v) is 36.0. The minimum Gasteiger partial charge on any atom is -0.455 e. The second kappa shape index (κ2) is 21.5. The second-order valence-corrected chi connectivity index (χ2v) is 35.2. The largest absolute Gasteiger partial charge is 0.455 e. The van der Waals surface area contributed by atoms with Crippen LogP contribution in [-0.2, 0) is 27.1 Å². The maximum Gasteiger partial charge on any atom is 0.145 e. The molecule has 1 aliphatic heterocycles. The van der Waals surface area contributed by atoms with Crippen LogP contribution in [0.1, 0.15) is 128 Å². The second-order valence-electron chi connectivity index (χ2n) is 29.8. The van der Waals surface area contributed by atoms with E-state index in [2.05, 4.69) is 349 Å². The summed E-state index contributed by atoms with van der Waals surface area (Å²) in [6, 6.07) is 92.7. The lowest BCUT2D eigenvalue weighted by Gasteiger charge is -2.37. The molecule has 14 rings (SSSR count). The molecule has 0 saturated heterocycles. The number of rotatable bonds is 10. The molecule has 3 nitrogen and oxygen atoms in total. The lowest BCUT2D eigenvalue weighted by atomic mass is 9.67. The fourth-order valence-corrected chi connectivity index (χ4v) is 18.8. The van der Waals surface area contributed by atoms with Crippen LogP contribution in [0.2, 0.25) is 13.1 Å². The van der Waals surface area contributed by atoms with E-state index < -0.39 is 13.5 Å². The van der Waals surface area contributed by atoms with Crippen molar-refractivity contribution in [1.82, 2.24) is 0 Å². The fraction of sp³-hybridized carbons (Fsp3) is 0.224. The average molecular weight is 1210 g/mol. The topological polar surface area (TPSA) is 19.6 Å². The van der Waals surface area contributed by atoms with Gasteiger partial charge in [0, 0.05) is 49.1 Å². The molecule has 0 saturated carbocycles. The highest BCUT2D eigenvalue weighted by atomic mass is 32.2. The summed E-state index contributed by atoms with van der Waals surface area (Å²) in [6.45, 7) is 32.9. The zero-order valence-corrected chi connectivity index (χ0v) is 56.6. The monoisotopic (exact) mass is 1210 g/mol. The van der Waals surface area contributed by atoms with Crippen molar-refractivity contribution in [1.29, 1.82) is 0 Å². The Balaban J connectivity index is 1.17. The van der Waals surface area contributed by atoms with Gasteiger partial charge in [-0.15, -0.1) is 0 Å². The predicted molar refractivity (Wildman–Crippen MR) is 388 cm³/mol. The number of para-hydroxylation sites is 3. The third-order valence-electron chi connectivity index (χ3n) is 19.4. The van der Waals surface area contributed by atoms with Gasteiger partial charge in [0.05, 0.1) is 22.2 Å². The van der Waals surface area contributed by atoms with Gasteiger partial charge in [0.1, 0.15) is 19.2 Å². The first kappa shape index (κ1) is 59.0. The standard InChI is InChI=1S/C85H82N2OSSi/c1-81(2,3)55-33-35-59(36-34-55)85(60-43-51-66(52-44-60)89-65-49-41-58(42-50-65)84(10,11)12)69-53-71(86(61-25-17-15-18-26-61)63-45-37-56(38-46-63)82(4,5)6)75-67-29-21-23-31-73(67)88-79(75)77(69)78-70(85)54-72(76-68-30-22-24-32-74(68)90(13,14)80(76)78)87(62-27-19-16-20-28-62)64-47-39-57(40-48-64)83(7,8)9/h15-54H,1-14H3. The summed E-state index contributed by atoms with van der Waals surface area (Å²) >= 11 is 1.83. The molecule has 0 radical (unpaired) electrons. The highest BCUT2D eigenvalue weighted by Crippen LogP contribution is 2.63. The highest BCUT2D eigenvalue weighted by Gasteiger charge is 2.54. The quantitative estimate of drug-likeness (QED) is 0.127. The summed E-state index contributed by atoms with van der Waals surface area (Å²) in [5, 5.41) is 5.07. The van der Waals surface area contributed by atoms with Crippen LogP contribution in [0.15, 0.2) is 257 Å². The molecular formula is C85H82N2OSSi. The first-order chi connectivity index (χ1) is 42.9. The zero-order valence-electron chi connectivity index (χ0n) is 54.8. The van der Waals surface area contributed by atoms with Gasteiger partial charge in [-0.2, -0.15) is 0 Å². The molecule has 0 amide bonds. The fourth-order valence-electron chi connectivity index (χ4n) is 14.6. The molecule has 12 aromatic rings. The lowest BCUT2D eigenvalue weighted by Crippen LogP contribution is -2.50. The summed E-state index contributed by atoms with van der Waals surface area (Å²) in [5.41, 5.74) is 22.6. The van der Waals surface area contributed by atoms with Gasteiger partial charge in [-0.3, -0.25) is 0 Å². The van der Waals surface area contributed by atoms with Crippen LogP contribution >= 0.6 is 11.8 Å². The van der Waals surface area contributed by atoms with Crippen molar-refractivity contribution in [2.24, 2.45) is 0 Å². The minimum absolute atomic E-state index is 0.0227. The maximum absolute atomic E-state index is 7.76. The van der Waals surface area contributed by atoms with Crippen LogP contribution in [-0.4, -0.2) is 8.07 Å². The molecule has 5 heteroatoms. The van der Waals surface area contributed by atoms with Gasteiger partial charge in [-0.25, -0.2) is 0 Å². The molecule has 0 spiro atoms. The summed E-state index contributed by atoms with van der Waals surface area (Å²) in [6.07, 6.45) is 0. The van der Waals surface area contributed by atoms with Crippen LogP contribution in [0.5, 0.6) is 0 Å². The van der Waals surface area contributed by atoms with Crippen LogP contribution in [0.3, 0.4) is 0 Å². The Kier molecular flexibility index (Phi) is 14.1. The molecule has 0 N–H and O–H groups in total. The van der Waals surface area contributed by atoms with Crippen LogP contribution in [0, 0.1) is 0 Å². The molecule has 2 heterocycles. The Morgan fingerprint density at radius 2 is 0.767 bits per heavy atom. The van der Waals surface area contributed by atoms with Gasteiger partial charge < -0.3 is 14.2 Å². The third kappa shape index (κ3) is 9.78. The van der Waals surface area contributed by atoms with Crippen molar-refractivity contribution in [3.8, 4) is 22.3 Å². The minimum atomic E-state index is -2.66. The van der Waals surface area contributed by atoms with E-state index in [1.54, 1.807) is 0 Å². The van der Waals surface area contributed by atoms with E-state index in [9.17, 15) is 0 Å². The molecule has 90 heavy (non-hydrogen) atoms. The molecular weight excluding hydrogens is 1130 g/mol. The van der Waals surface area contributed by atoms with Gasteiger partial charge >= 0.3 is 0 Å². The lowest BCUT2D eigenvalue weighted by molar-refractivity contribution is 0.589. The number of fused-ring (bicyclic) bond motifs is 11. The van der Waals surface area contributed by atoms with Crippen molar-refractivity contribution in [3.05, 3.63) is 287 Å². The van der Waals surface area contributed by atoms with Gasteiger partial charge in [-0.1, -0.05) is 260 Å². The number of hydrogen-bond donors (Lipinski definition) is 0. The molecule has 1 atom stereocenters. The van der Waals surface area contributed by atoms with E-state index in [4.69, 9.17) is 4.42 Å². The van der Waals surface area contributed by atoms with Gasteiger partial charge in [0.2, 0.25) is 0 Å². The molecule has 11 aromatic carbocycles. The van der Waals surface area contributed by atoms with E-state index in [-0.39, 0.29) is 21.7 Å². The van der Waals surface area contributed by atoms with Crippen molar-refractivity contribution in [3.63, 3.8) is 0 Å². The molecule has 0 bridgehead atoms. The summed E-state index contributed by atoms with van der Waals surface area (Å²) in [5.74, 6) is 0.